The number of hydrogen-bond acceptors (Lipinski definition) is 6. The molecule has 3 heterocycles. The van der Waals surface area contributed by atoms with Crippen LogP contribution in [0.4, 0.5) is 5.69 Å². The Bertz CT molecular complexity index is 762. The Morgan fingerprint density at radius 1 is 1.29 bits per heavy atom. The Kier molecular flexibility index (Phi) is 2.67. The molecule has 21 heavy (non-hydrogen) atoms. The monoisotopic (exact) mass is 280 g/mol. The van der Waals surface area contributed by atoms with Gasteiger partial charge < -0.3 is 9.42 Å². The zero-order chi connectivity index (χ0) is 14.2. The van der Waals surface area contributed by atoms with Crippen LogP contribution in [0.2, 0.25) is 0 Å². The second-order valence-corrected chi connectivity index (χ2v) is 4.88. The maximum atomic E-state index is 12.2. The first-order chi connectivity index (χ1) is 10.3. The van der Waals surface area contributed by atoms with Crippen molar-refractivity contribution in [1.29, 1.82) is 0 Å². The van der Waals surface area contributed by atoms with Gasteiger partial charge in [0.2, 0.25) is 11.5 Å². The van der Waals surface area contributed by atoms with Gasteiger partial charge in [-0.1, -0.05) is 17.3 Å². The minimum Gasteiger partial charge on any atom is -0.353 e. The average Bonchev–Trinajstić information content (AvgIpc) is 3.19. The van der Waals surface area contributed by atoms with Crippen LogP contribution < -0.4 is 0 Å². The van der Waals surface area contributed by atoms with Crippen molar-refractivity contribution in [2.45, 2.75) is 6.42 Å². The Hall–Kier alpha value is -2.76. The van der Waals surface area contributed by atoms with Crippen molar-refractivity contribution in [3.8, 4) is 0 Å². The van der Waals surface area contributed by atoms with Gasteiger partial charge in [-0.2, -0.15) is 0 Å². The number of carbonyl (C=O) groups excluding carboxylic acids is 1. The first kappa shape index (κ1) is 12.0. The van der Waals surface area contributed by atoms with Gasteiger partial charge in [0.25, 0.3) is 0 Å². The zero-order valence-electron chi connectivity index (χ0n) is 11.2. The van der Waals surface area contributed by atoms with E-state index in [1.807, 2.05) is 29.2 Å². The summed E-state index contributed by atoms with van der Waals surface area (Å²) in [7, 11) is 0. The highest BCUT2D eigenvalue weighted by molar-refractivity contribution is 6.20. The number of carbonyl (C=O) groups is 1. The second-order valence-electron chi connectivity index (χ2n) is 4.88. The van der Waals surface area contributed by atoms with E-state index < -0.39 is 0 Å². The van der Waals surface area contributed by atoms with E-state index in [-0.39, 0.29) is 18.0 Å². The number of Topliss-reactive ketones (excluding diaryl/α,β-unsaturated/α-hetero) is 1. The molecule has 0 saturated heterocycles. The van der Waals surface area contributed by atoms with Crippen molar-refractivity contribution in [3.05, 3.63) is 47.9 Å². The molecule has 0 unspecified atom stereocenters. The largest absolute Gasteiger partial charge is 0.353 e. The Balaban J connectivity index is 1.71. The lowest BCUT2D eigenvalue weighted by Gasteiger charge is -2.27. The predicted octanol–water partition coefficient (Wildman–Crippen LogP) is 2.05. The highest BCUT2D eigenvalue weighted by atomic mass is 16.5. The van der Waals surface area contributed by atoms with Gasteiger partial charge in [-0.3, -0.25) is 9.79 Å². The summed E-state index contributed by atoms with van der Waals surface area (Å²) in [6, 6.07) is 9.41. The van der Waals surface area contributed by atoms with Crippen LogP contribution in [0.25, 0.3) is 0 Å². The van der Waals surface area contributed by atoms with Crippen molar-refractivity contribution >= 4 is 23.1 Å². The van der Waals surface area contributed by atoms with Crippen LogP contribution in [0.15, 0.2) is 51.0 Å². The van der Waals surface area contributed by atoms with E-state index in [0.29, 0.717) is 5.84 Å². The molecular formula is C15H12N4O2. The third-order valence-corrected chi connectivity index (χ3v) is 3.58. The smallest absolute Gasteiger partial charge is 0.208 e. The average molecular weight is 280 g/mol. The van der Waals surface area contributed by atoms with E-state index in [1.165, 1.54) is 6.20 Å². The molecule has 4 rings (SSSR count). The molecule has 2 aliphatic heterocycles. The topological polar surface area (TPSA) is 71.1 Å². The molecule has 104 valence electrons. The van der Waals surface area contributed by atoms with E-state index in [0.717, 1.165) is 30.2 Å². The van der Waals surface area contributed by atoms with Crippen molar-refractivity contribution in [2.75, 3.05) is 13.1 Å². The number of rotatable bonds is 3. The van der Waals surface area contributed by atoms with Crippen LogP contribution in [0.5, 0.6) is 0 Å². The van der Waals surface area contributed by atoms with Gasteiger partial charge in [0.15, 0.2) is 0 Å². The van der Waals surface area contributed by atoms with Gasteiger partial charge in [-0.15, -0.1) is 0 Å². The second kappa shape index (κ2) is 4.66. The molecule has 0 bridgehead atoms. The quantitative estimate of drug-likeness (QED) is 0.807. The highest BCUT2D eigenvalue weighted by Gasteiger charge is 2.30. The molecule has 1 aromatic carbocycles. The minimum absolute atomic E-state index is 0.128. The summed E-state index contributed by atoms with van der Waals surface area (Å²) < 4.78 is 4.91. The number of para-hydroxylation sites is 1. The van der Waals surface area contributed by atoms with E-state index in [4.69, 9.17) is 4.52 Å². The summed E-state index contributed by atoms with van der Waals surface area (Å²) >= 11 is 0. The number of nitrogens with zero attached hydrogens (tertiary/aromatic N) is 4. The summed E-state index contributed by atoms with van der Waals surface area (Å²) in [6.45, 7) is 1.48. The molecule has 0 atom stereocenters. The number of benzene rings is 1. The molecule has 2 aliphatic rings. The van der Waals surface area contributed by atoms with Crippen LogP contribution in [0, 0.1) is 0 Å². The number of ketones is 1. The van der Waals surface area contributed by atoms with Gasteiger partial charge in [0.05, 0.1) is 24.8 Å². The maximum Gasteiger partial charge on any atom is 0.208 e. The normalized spacial score (nSPS) is 16.1. The van der Waals surface area contributed by atoms with Crippen LogP contribution in [-0.2, 0) is 0 Å². The van der Waals surface area contributed by atoms with E-state index in [1.54, 1.807) is 6.07 Å². The number of aromatic nitrogens is 1. The number of aliphatic imine (C=N–C) groups is 2. The highest BCUT2D eigenvalue weighted by Crippen LogP contribution is 2.29. The van der Waals surface area contributed by atoms with Gasteiger partial charge in [0.1, 0.15) is 11.7 Å². The third-order valence-electron chi connectivity index (χ3n) is 3.58. The summed E-state index contributed by atoms with van der Waals surface area (Å²) in [5.74, 6) is 1.75. The van der Waals surface area contributed by atoms with Crippen molar-refractivity contribution < 1.29 is 9.32 Å². The fourth-order valence-corrected chi connectivity index (χ4v) is 2.61. The molecule has 6 heteroatoms. The number of fused-ring (bicyclic) bond motifs is 3. The predicted molar refractivity (Wildman–Crippen MR) is 77.1 cm³/mol. The maximum absolute atomic E-state index is 12.2. The lowest BCUT2D eigenvalue weighted by atomic mass is 10.1. The standard InChI is InChI=1S/C15H12N4O2/c20-12(13-5-6-17-21-13)9-14-18-11-4-2-1-3-10(11)15-16-7-8-19(14)15/h1-6H,7-9H2. The van der Waals surface area contributed by atoms with Crippen molar-refractivity contribution in [1.82, 2.24) is 10.1 Å². The van der Waals surface area contributed by atoms with Crippen LogP contribution >= 0.6 is 0 Å². The van der Waals surface area contributed by atoms with Crippen molar-refractivity contribution in [2.24, 2.45) is 9.98 Å². The SMILES string of the molecule is O=C(CC1=Nc2ccccc2C2=NCCN12)c1ccno1. The summed E-state index contributed by atoms with van der Waals surface area (Å²) in [5, 5.41) is 3.57. The van der Waals surface area contributed by atoms with Gasteiger partial charge in [0, 0.05) is 18.2 Å². The molecule has 0 N–H and O–H groups in total. The molecule has 6 nitrogen and oxygen atoms in total. The van der Waals surface area contributed by atoms with Crippen molar-refractivity contribution in [3.63, 3.8) is 0 Å². The molecule has 2 aromatic rings. The van der Waals surface area contributed by atoms with Crippen LogP contribution in [0.3, 0.4) is 0 Å². The third kappa shape index (κ3) is 1.96. The molecule has 0 fully saturated rings. The fraction of sp³-hybridized carbons (Fsp3) is 0.200. The molecule has 0 saturated carbocycles. The zero-order valence-corrected chi connectivity index (χ0v) is 11.2. The van der Waals surface area contributed by atoms with E-state index in [9.17, 15) is 4.79 Å². The molecule has 0 radical (unpaired) electrons. The Morgan fingerprint density at radius 2 is 2.19 bits per heavy atom. The molecule has 0 spiro atoms. The van der Waals surface area contributed by atoms with Crippen LogP contribution in [-0.4, -0.2) is 40.6 Å². The van der Waals surface area contributed by atoms with E-state index >= 15 is 0 Å². The number of amidine groups is 2. The van der Waals surface area contributed by atoms with E-state index in [2.05, 4.69) is 15.1 Å². The van der Waals surface area contributed by atoms with Crippen LogP contribution in [0.1, 0.15) is 22.5 Å². The molecule has 0 amide bonds. The first-order valence-corrected chi connectivity index (χ1v) is 6.76. The Labute approximate surface area is 120 Å². The lowest BCUT2D eigenvalue weighted by molar-refractivity contribution is 0.0963. The molecule has 1 aromatic heterocycles. The first-order valence-electron chi connectivity index (χ1n) is 6.76. The Morgan fingerprint density at radius 3 is 3.05 bits per heavy atom. The molecular weight excluding hydrogens is 268 g/mol. The van der Waals surface area contributed by atoms with Gasteiger partial charge in [-0.25, -0.2) is 4.99 Å². The van der Waals surface area contributed by atoms with Gasteiger partial charge in [-0.05, 0) is 12.1 Å². The van der Waals surface area contributed by atoms with Gasteiger partial charge >= 0.3 is 0 Å². The number of hydrogen-bond donors (Lipinski definition) is 0. The summed E-state index contributed by atoms with van der Waals surface area (Å²) in [4.78, 5) is 23.4. The lowest BCUT2D eigenvalue weighted by Crippen LogP contribution is -2.38. The summed E-state index contributed by atoms with van der Waals surface area (Å²) in [5.41, 5.74) is 1.88. The fourth-order valence-electron chi connectivity index (χ4n) is 2.61. The molecule has 0 aliphatic carbocycles. The summed E-state index contributed by atoms with van der Waals surface area (Å²) in [6.07, 6.45) is 1.65. The minimum atomic E-state index is -0.128.